The Labute approximate surface area is 128 Å². The molecule has 110 valence electrons. The molecule has 2 amide bonds. The Kier molecular flexibility index (Phi) is 7.30. The zero-order chi connectivity index (χ0) is 15.0. The maximum Gasteiger partial charge on any atom is 0.243 e. The number of rotatable bonds is 7. The Hall–Kier alpha value is -1.36. The fourth-order valence-corrected chi connectivity index (χ4v) is 2.12. The Bertz CT molecular complexity index is 475. The van der Waals surface area contributed by atoms with Crippen LogP contribution in [-0.2, 0) is 9.59 Å². The highest BCUT2D eigenvalue weighted by molar-refractivity contribution is 9.09. The summed E-state index contributed by atoms with van der Waals surface area (Å²) in [5.41, 5.74) is 2.97. The molecule has 0 heterocycles. The van der Waals surface area contributed by atoms with Crippen LogP contribution >= 0.6 is 15.9 Å². The van der Waals surface area contributed by atoms with Crippen molar-refractivity contribution in [1.29, 1.82) is 0 Å². The number of nitrogens with one attached hydrogen (secondary N) is 2. The number of anilines is 1. The maximum atomic E-state index is 11.8. The summed E-state index contributed by atoms with van der Waals surface area (Å²) in [6, 6.07) is 5.76. The lowest BCUT2D eigenvalue weighted by Gasteiger charge is -2.10. The van der Waals surface area contributed by atoms with Crippen LogP contribution in [0.4, 0.5) is 5.69 Å². The number of hydrogen-bond acceptors (Lipinski definition) is 2. The monoisotopic (exact) mass is 340 g/mol. The van der Waals surface area contributed by atoms with Crippen LogP contribution in [0.5, 0.6) is 0 Å². The molecular weight excluding hydrogens is 320 g/mol. The zero-order valence-electron chi connectivity index (χ0n) is 12.0. The highest BCUT2D eigenvalue weighted by Gasteiger charge is 2.07. The van der Waals surface area contributed by atoms with Gasteiger partial charge in [0.05, 0.1) is 6.54 Å². The molecule has 0 aliphatic heterocycles. The van der Waals surface area contributed by atoms with Crippen molar-refractivity contribution in [2.45, 2.75) is 33.1 Å². The molecule has 0 spiro atoms. The van der Waals surface area contributed by atoms with Crippen LogP contribution in [-0.4, -0.2) is 23.7 Å². The van der Waals surface area contributed by atoms with E-state index in [0.29, 0.717) is 6.42 Å². The fourth-order valence-electron chi connectivity index (χ4n) is 1.73. The van der Waals surface area contributed by atoms with Crippen LogP contribution in [0.15, 0.2) is 18.2 Å². The summed E-state index contributed by atoms with van der Waals surface area (Å²) in [6.07, 6.45) is 2.25. The number of aryl methyl sites for hydroxylation is 1. The fraction of sp³-hybridized carbons (Fsp3) is 0.467. The van der Waals surface area contributed by atoms with E-state index in [2.05, 4.69) is 26.6 Å². The number of amides is 2. The molecular formula is C15H21BrN2O2. The largest absolute Gasteiger partial charge is 0.347 e. The van der Waals surface area contributed by atoms with E-state index in [0.717, 1.165) is 35.0 Å². The Morgan fingerprint density at radius 2 is 1.90 bits per heavy atom. The molecule has 1 aromatic rings. The lowest BCUT2D eigenvalue weighted by molar-refractivity contribution is -0.124. The van der Waals surface area contributed by atoms with Gasteiger partial charge in [0, 0.05) is 17.4 Å². The van der Waals surface area contributed by atoms with Crippen molar-refractivity contribution in [1.82, 2.24) is 5.32 Å². The van der Waals surface area contributed by atoms with Crippen molar-refractivity contribution < 1.29 is 9.59 Å². The van der Waals surface area contributed by atoms with Crippen LogP contribution in [0.1, 0.15) is 30.4 Å². The molecule has 1 rings (SSSR count). The van der Waals surface area contributed by atoms with E-state index in [4.69, 9.17) is 0 Å². The molecule has 2 N–H and O–H groups in total. The van der Waals surface area contributed by atoms with Gasteiger partial charge in [-0.1, -0.05) is 28.1 Å². The highest BCUT2D eigenvalue weighted by Crippen LogP contribution is 2.17. The molecule has 0 bridgehead atoms. The summed E-state index contributed by atoms with van der Waals surface area (Å²) >= 11 is 3.32. The second-order valence-corrected chi connectivity index (χ2v) is 5.51. The van der Waals surface area contributed by atoms with Crippen molar-refractivity contribution >= 4 is 33.4 Å². The molecule has 0 saturated carbocycles. The van der Waals surface area contributed by atoms with Gasteiger partial charge in [-0.2, -0.15) is 0 Å². The summed E-state index contributed by atoms with van der Waals surface area (Å²) in [4.78, 5) is 23.3. The number of halogens is 1. The van der Waals surface area contributed by atoms with Crippen molar-refractivity contribution in [2.75, 3.05) is 17.2 Å². The van der Waals surface area contributed by atoms with Gasteiger partial charge in [0.1, 0.15) is 0 Å². The lowest BCUT2D eigenvalue weighted by atomic mass is 10.1. The number of hydrogen-bond donors (Lipinski definition) is 2. The van der Waals surface area contributed by atoms with Crippen molar-refractivity contribution in [3.8, 4) is 0 Å². The molecule has 0 atom stereocenters. The molecule has 0 unspecified atom stereocenters. The van der Waals surface area contributed by atoms with E-state index in [-0.39, 0.29) is 18.4 Å². The standard InChI is InChI=1S/C15H21BrN2O2/c1-11-6-5-7-13(12(11)2)18-15(20)10-17-14(19)8-3-4-9-16/h5-7H,3-4,8-10H2,1-2H3,(H,17,19)(H,18,20). The van der Waals surface area contributed by atoms with Gasteiger partial charge < -0.3 is 10.6 Å². The van der Waals surface area contributed by atoms with E-state index in [1.165, 1.54) is 0 Å². The van der Waals surface area contributed by atoms with Crippen molar-refractivity contribution in [3.63, 3.8) is 0 Å². The van der Waals surface area contributed by atoms with Gasteiger partial charge in [-0.05, 0) is 43.9 Å². The molecule has 0 fully saturated rings. The first-order valence-corrected chi connectivity index (χ1v) is 7.85. The molecule has 20 heavy (non-hydrogen) atoms. The summed E-state index contributed by atoms with van der Waals surface area (Å²) in [7, 11) is 0. The van der Waals surface area contributed by atoms with Gasteiger partial charge in [-0.15, -0.1) is 0 Å². The molecule has 1 aromatic carbocycles. The molecule has 0 radical (unpaired) electrons. The average molecular weight is 341 g/mol. The lowest BCUT2D eigenvalue weighted by Crippen LogP contribution is -2.32. The van der Waals surface area contributed by atoms with Crippen molar-refractivity contribution in [2.24, 2.45) is 0 Å². The smallest absolute Gasteiger partial charge is 0.243 e. The number of carbonyl (C=O) groups excluding carboxylic acids is 2. The van der Waals surface area contributed by atoms with Crippen LogP contribution in [0.3, 0.4) is 0 Å². The molecule has 4 nitrogen and oxygen atoms in total. The topological polar surface area (TPSA) is 58.2 Å². The zero-order valence-corrected chi connectivity index (χ0v) is 13.5. The first-order valence-electron chi connectivity index (χ1n) is 6.73. The maximum absolute atomic E-state index is 11.8. The normalized spacial score (nSPS) is 10.2. The minimum Gasteiger partial charge on any atom is -0.347 e. The van der Waals surface area contributed by atoms with Crippen LogP contribution in [0.25, 0.3) is 0 Å². The summed E-state index contributed by atoms with van der Waals surface area (Å²) < 4.78 is 0. The third kappa shape index (κ3) is 5.74. The second kappa shape index (κ2) is 8.74. The average Bonchev–Trinajstić information content (AvgIpc) is 2.42. The molecule has 0 aliphatic rings. The highest BCUT2D eigenvalue weighted by atomic mass is 79.9. The Balaban J connectivity index is 2.37. The molecule has 5 heteroatoms. The van der Waals surface area contributed by atoms with Crippen molar-refractivity contribution in [3.05, 3.63) is 29.3 Å². The Morgan fingerprint density at radius 1 is 1.15 bits per heavy atom. The number of benzene rings is 1. The molecule has 0 aromatic heterocycles. The van der Waals surface area contributed by atoms with E-state index in [1.807, 2.05) is 32.0 Å². The summed E-state index contributed by atoms with van der Waals surface area (Å²) in [5.74, 6) is -0.283. The Morgan fingerprint density at radius 3 is 2.60 bits per heavy atom. The predicted molar refractivity (Wildman–Crippen MR) is 85.2 cm³/mol. The minimum absolute atomic E-state index is 0.0144. The number of alkyl halides is 1. The predicted octanol–water partition coefficient (Wildman–Crippen LogP) is 2.92. The SMILES string of the molecule is Cc1cccc(NC(=O)CNC(=O)CCCCBr)c1C. The summed E-state index contributed by atoms with van der Waals surface area (Å²) in [5, 5.41) is 6.34. The minimum atomic E-state index is -0.201. The molecule has 0 aliphatic carbocycles. The van der Waals surface area contributed by atoms with Crippen LogP contribution in [0.2, 0.25) is 0 Å². The van der Waals surface area contributed by atoms with E-state index < -0.39 is 0 Å². The second-order valence-electron chi connectivity index (χ2n) is 4.72. The van der Waals surface area contributed by atoms with Gasteiger partial charge in [0.15, 0.2) is 0 Å². The van der Waals surface area contributed by atoms with Gasteiger partial charge in [0.2, 0.25) is 11.8 Å². The first-order chi connectivity index (χ1) is 9.54. The van der Waals surface area contributed by atoms with Crippen LogP contribution in [0, 0.1) is 13.8 Å². The quantitative estimate of drug-likeness (QED) is 0.592. The van der Waals surface area contributed by atoms with E-state index in [1.54, 1.807) is 0 Å². The van der Waals surface area contributed by atoms with E-state index in [9.17, 15) is 9.59 Å². The first kappa shape index (κ1) is 16.7. The van der Waals surface area contributed by atoms with Gasteiger partial charge in [-0.25, -0.2) is 0 Å². The van der Waals surface area contributed by atoms with Crippen LogP contribution < -0.4 is 10.6 Å². The number of carbonyl (C=O) groups is 2. The molecule has 0 saturated heterocycles. The number of unbranched alkanes of at least 4 members (excludes halogenated alkanes) is 1. The third-order valence-electron chi connectivity index (χ3n) is 3.11. The van der Waals surface area contributed by atoms with E-state index >= 15 is 0 Å². The third-order valence-corrected chi connectivity index (χ3v) is 3.67. The van der Waals surface area contributed by atoms with Gasteiger partial charge in [-0.3, -0.25) is 9.59 Å². The van der Waals surface area contributed by atoms with Gasteiger partial charge in [0.25, 0.3) is 0 Å². The van der Waals surface area contributed by atoms with Gasteiger partial charge >= 0.3 is 0 Å². The summed E-state index contributed by atoms with van der Waals surface area (Å²) in [6.45, 7) is 3.97.